The molecule has 2 saturated heterocycles. The minimum atomic E-state index is -1.11. The van der Waals surface area contributed by atoms with Crippen LogP contribution in [0.4, 0.5) is 4.79 Å². The summed E-state index contributed by atoms with van der Waals surface area (Å²) in [5, 5.41) is 9.06. The summed E-state index contributed by atoms with van der Waals surface area (Å²) < 4.78 is 5.42. The van der Waals surface area contributed by atoms with Gasteiger partial charge >= 0.3 is 6.03 Å². The molecule has 1 aromatic rings. The van der Waals surface area contributed by atoms with Gasteiger partial charge in [-0.2, -0.15) is 11.3 Å². The molecule has 2 N–H and O–H groups in total. The lowest BCUT2D eigenvalue weighted by atomic mass is 9.95. The van der Waals surface area contributed by atoms with Crippen LogP contribution >= 0.6 is 11.3 Å². The zero-order valence-electron chi connectivity index (χ0n) is 12.8. The Labute approximate surface area is 138 Å². The lowest BCUT2D eigenvalue weighted by Crippen LogP contribution is -2.44. The first-order valence-electron chi connectivity index (χ1n) is 7.56. The standard InChI is InChI=1S/C15H19N3O4S/c1-15(10-4-6-23-9-10)13(20)18(14(21)17-15)8-12(19)16-7-11-3-2-5-22-11/h4,6,9,11H,2-3,5,7-8H2,1H3,(H,16,19)(H,17,21)/t11-,15-/m1/s1. The highest BCUT2D eigenvalue weighted by molar-refractivity contribution is 7.08. The largest absolute Gasteiger partial charge is 0.376 e. The average Bonchev–Trinajstić information content (AvgIpc) is 3.25. The molecule has 3 rings (SSSR count). The normalized spacial score (nSPS) is 27.3. The van der Waals surface area contributed by atoms with Crippen molar-refractivity contribution in [2.45, 2.75) is 31.4 Å². The van der Waals surface area contributed by atoms with Crippen molar-refractivity contribution in [2.24, 2.45) is 0 Å². The number of hydrogen-bond acceptors (Lipinski definition) is 5. The van der Waals surface area contributed by atoms with E-state index >= 15 is 0 Å². The number of carbonyl (C=O) groups is 3. The summed E-state index contributed by atoms with van der Waals surface area (Å²) >= 11 is 1.45. The monoisotopic (exact) mass is 337 g/mol. The van der Waals surface area contributed by atoms with Crippen LogP contribution < -0.4 is 10.6 Å². The maximum absolute atomic E-state index is 12.6. The van der Waals surface area contributed by atoms with E-state index in [0.717, 1.165) is 23.3 Å². The van der Waals surface area contributed by atoms with Gasteiger partial charge in [-0.1, -0.05) is 0 Å². The summed E-state index contributed by atoms with van der Waals surface area (Å²) in [6.45, 7) is 2.49. The van der Waals surface area contributed by atoms with E-state index in [1.807, 2.05) is 10.8 Å². The topological polar surface area (TPSA) is 87.7 Å². The third kappa shape index (κ3) is 3.09. The van der Waals surface area contributed by atoms with Crippen molar-refractivity contribution in [3.05, 3.63) is 22.4 Å². The van der Waals surface area contributed by atoms with E-state index in [1.165, 1.54) is 11.3 Å². The molecule has 23 heavy (non-hydrogen) atoms. The molecule has 0 aromatic carbocycles. The van der Waals surface area contributed by atoms with E-state index < -0.39 is 17.5 Å². The number of rotatable bonds is 5. The number of nitrogens with zero attached hydrogens (tertiary/aromatic N) is 1. The molecular weight excluding hydrogens is 318 g/mol. The third-order valence-electron chi connectivity index (χ3n) is 4.23. The molecule has 0 radical (unpaired) electrons. The number of amides is 4. The molecule has 0 unspecified atom stereocenters. The Kier molecular flexibility index (Phi) is 4.36. The first-order valence-corrected chi connectivity index (χ1v) is 8.50. The Morgan fingerprint density at radius 3 is 3.04 bits per heavy atom. The Bertz CT molecular complexity index is 612. The zero-order chi connectivity index (χ0) is 16.4. The number of carbonyl (C=O) groups excluding carboxylic acids is 3. The van der Waals surface area contributed by atoms with Crippen LogP contribution in [-0.4, -0.2) is 48.5 Å². The lowest BCUT2D eigenvalue weighted by Gasteiger charge is -2.20. The minimum absolute atomic E-state index is 0.0260. The van der Waals surface area contributed by atoms with Gasteiger partial charge in [0.1, 0.15) is 12.1 Å². The van der Waals surface area contributed by atoms with Crippen molar-refractivity contribution >= 4 is 29.2 Å². The van der Waals surface area contributed by atoms with Gasteiger partial charge in [-0.25, -0.2) is 4.79 Å². The van der Waals surface area contributed by atoms with Gasteiger partial charge in [-0.15, -0.1) is 0 Å². The van der Waals surface area contributed by atoms with E-state index in [0.29, 0.717) is 13.2 Å². The fourth-order valence-electron chi connectivity index (χ4n) is 2.82. The minimum Gasteiger partial charge on any atom is -0.376 e. The molecule has 0 spiro atoms. The second-order valence-corrected chi connectivity index (χ2v) is 6.68. The van der Waals surface area contributed by atoms with Crippen LogP contribution in [0.25, 0.3) is 0 Å². The van der Waals surface area contributed by atoms with Crippen LogP contribution in [0.3, 0.4) is 0 Å². The van der Waals surface area contributed by atoms with Crippen molar-refractivity contribution < 1.29 is 19.1 Å². The highest BCUT2D eigenvalue weighted by Gasteiger charge is 2.49. The van der Waals surface area contributed by atoms with Crippen LogP contribution in [0.1, 0.15) is 25.3 Å². The first-order chi connectivity index (χ1) is 11.0. The maximum Gasteiger partial charge on any atom is 0.325 e. The Balaban J connectivity index is 1.60. The predicted molar refractivity (Wildman–Crippen MR) is 83.9 cm³/mol. The highest BCUT2D eigenvalue weighted by atomic mass is 32.1. The van der Waals surface area contributed by atoms with Gasteiger partial charge in [-0.3, -0.25) is 14.5 Å². The molecule has 0 bridgehead atoms. The molecule has 7 nitrogen and oxygen atoms in total. The van der Waals surface area contributed by atoms with E-state index in [1.54, 1.807) is 13.0 Å². The number of nitrogens with one attached hydrogen (secondary N) is 2. The molecule has 4 amide bonds. The second-order valence-electron chi connectivity index (χ2n) is 5.90. The summed E-state index contributed by atoms with van der Waals surface area (Å²) in [6, 6.07) is 1.25. The fraction of sp³-hybridized carbons (Fsp3) is 0.533. The molecule has 1 aromatic heterocycles. The Morgan fingerprint density at radius 2 is 2.39 bits per heavy atom. The van der Waals surface area contributed by atoms with E-state index in [2.05, 4.69) is 10.6 Å². The van der Waals surface area contributed by atoms with Gasteiger partial charge in [0, 0.05) is 13.2 Å². The summed E-state index contributed by atoms with van der Waals surface area (Å²) in [5.74, 6) is -0.772. The molecule has 0 saturated carbocycles. The van der Waals surface area contributed by atoms with Crippen LogP contribution in [0.2, 0.25) is 0 Å². The molecule has 2 aliphatic heterocycles. The van der Waals surface area contributed by atoms with Gasteiger partial charge in [0.25, 0.3) is 5.91 Å². The van der Waals surface area contributed by atoms with Gasteiger partial charge in [0.05, 0.1) is 6.10 Å². The van der Waals surface area contributed by atoms with E-state index in [9.17, 15) is 14.4 Å². The number of ether oxygens (including phenoxy) is 1. The zero-order valence-corrected chi connectivity index (χ0v) is 13.6. The summed E-state index contributed by atoms with van der Waals surface area (Å²) in [5.41, 5.74) is -0.380. The lowest BCUT2D eigenvalue weighted by molar-refractivity contribution is -0.134. The van der Waals surface area contributed by atoms with Gasteiger partial charge in [0.2, 0.25) is 5.91 Å². The second kappa shape index (κ2) is 6.29. The SMILES string of the molecule is C[C@]1(c2ccsc2)NC(=O)N(CC(=O)NC[C@H]2CCCO2)C1=O. The summed E-state index contributed by atoms with van der Waals surface area (Å²) in [7, 11) is 0. The predicted octanol–water partition coefficient (Wildman–Crippen LogP) is 0.810. The molecule has 2 aliphatic rings. The quantitative estimate of drug-likeness (QED) is 0.779. The fourth-order valence-corrected chi connectivity index (χ4v) is 3.58. The Hall–Kier alpha value is -1.93. The van der Waals surface area contributed by atoms with Crippen molar-refractivity contribution in [1.82, 2.24) is 15.5 Å². The van der Waals surface area contributed by atoms with Gasteiger partial charge < -0.3 is 15.4 Å². The molecule has 0 aliphatic carbocycles. The molecule has 2 fully saturated rings. The molecule has 2 atom stereocenters. The number of imide groups is 1. The molecule has 3 heterocycles. The van der Waals surface area contributed by atoms with Crippen molar-refractivity contribution in [1.29, 1.82) is 0 Å². The first kappa shape index (κ1) is 15.9. The molecule has 124 valence electrons. The third-order valence-corrected chi connectivity index (χ3v) is 4.91. The van der Waals surface area contributed by atoms with E-state index in [-0.39, 0.29) is 18.6 Å². The average molecular weight is 337 g/mol. The van der Waals surface area contributed by atoms with Crippen molar-refractivity contribution in [2.75, 3.05) is 19.7 Å². The number of urea groups is 1. The van der Waals surface area contributed by atoms with Crippen LogP contribution in [0.15, 0.2) is 16.8 Å². The van der Waals surface area contributed by atoms with Crippen LogP contribution in [0, 0.1) is 0 Å². The van der Waals surface area contributed by atoms with Crippen molar-refractivity contribution in [3.8, 4) is 0 Å². The summed E-state index contributed by atoms with van der Waals surface area (Å²) in [4.78, 5) is 37.6. The van der Waals surface area contributed by atoms with E-state index in [4.69, 9.17) is 4.74 Å². The van der Waals surface area contributed by atoms with Crippen molar-refractivity contribution in [3.63, 3.8) is 0 Å². The number of thiophene rings is 1. The number of hydrogen-bond donors (Lipinski definition) is 2. The smallest absolute Gasteiger partial charge is 0.325 e. The van der Waals surface area contributed by atoms with Crippen LogP contribution in [-0.2, 0) is 19.9 Å². The Morgan fingerprint density at radius 1 is 1.57 bits per heavy atom. The van der Waals surface area contributed by atoms with Crippen LogP contribution in [0.5, 0.6) is 0 Å². The van der Waals surface area contributed by atoms with Gasteiger partial charge in [-0.05, 0) is 42.2 Å². The molecular formula is C15H19N3O4S. The highest BCUT2D eigenvalue weighted by Crippen LogP contribution is 2.29. The maximum atomic E-state index is 12.6. The molecule has 8 heteroatoms. The van der Waals surface area contributed by atoms with Gasteiger partial charge in [0.15, 0.2) is 0 Å². The summed E-state index contributed by atoms with van der Waals surface area (Å²) in [6.07, 6.45) is 1.93.